The number of hydrogen-bond donors (Lipinski definition) is 0. The van der Waals surface area contributed by atoms with Gasteiger partial charge in [0.15, 0.2) is 0 Å². The Morgan fingerprint density at radius 3 is 2.47 bits per heavy atom. The van der Waals surface area contributed by atoms with Crippen LogP contribution in [0.5, 0.6) is 5.75 Å². The van der Waals surface area contributed by atoms with E-state index < -0.39 is 0 Å². The number of ether oxygens (including phenoxy) is 2. The molecule has 32 heavy (non-hydrogen) atoms. The smallest absolute Gasteiger partial charge is 0.226 e. The third kappa shape index (κ3) is 4.92. The van der Waals surface area contributed by atoms with Gasteiger partial charge in [-0.2, -0.15) is 0 Å². The second-order valence-electron chi connectivity index (χ2n) is 9.04. The van der Waals surface area contributed by atoms with E-state index in [9.17, 15) is 4.79 Å². The number of rotatable bonds is 4. The van der Waals surface area contributed by atoms with Crippen LogP contribution in [-0.2, 0) is 22.6 Å². The van der Waals surface area contributed by atoms with Crippen LogP contribution in [0.25, 0.3) is 0 Å². The Labute approximate surface area is 190 Å². The summed E-state index contributed by atoms with van der Waals surface area (Å²) >= 11 is 0. The van der Waals surface area contributed by atoms with Gasteiger partial charge in [0.05, 0.1) is 6.54 Å². The number of piperazine rings is 1. The molecule has 3 aliphatic heterocycles. The molecule has 2 aromatic rings. The van der Waals surface area contributed by atoms with Crippen LogP contribution in [0.1, 0.15) is 24.0 Å². The maximum atomic E-state index is 13.1. The first-order chi connectivity index (χ1) is 15.8. The molecule has 0 atom stereocenters. The zero-order valence-corrected chi connectivity index (χ0v) is 18.7. The van der Waals surface area contributed by atoms with E-state index >= 15 is 0 Å². The van der Waals surface area contributed by atoms with Crippen LogP contribution >= 0.6 is 0 Å². The van der Waals surface area contributed by atoms with E-state index in [-0.39, 0.29) is 11.8 Å². The van der Waals surface area contributed by atoms with Crippen molar-refractivity contribution in [3.8, 4) is 5.75 Å². The number of hydrogen-bond acceptors (Lipinski definition) is 5. The second kappa shape index (κ2) is 9.92. The number of carbonyl (C=O) groups is 1. The van der Waals surface area contributed by atoms with Crippen LogP contribution in [0.3, 0.4) is 0 Å². The predicted octanol–water partition coefficient (Wildman–Crippen LogP) is 3.16. The summed E-state index contributed by atoms with van der Waals surface area (Å²) in [6.07, 6.45) is 1.66. The van der Waals surface area contributed by atoms with Crippen molar-refractivity contribution in [2.24, 2.45) is 5.92 Å². The first kappa shape index (κ1) is 21.3. The molecule has 0 unspecified atom stereocenters. The Morgan fingerprint density at radius 2 is 1.69 bits per heavy atom. The summed E-state index contributed by atoms with van der Waals surface area (Å²) in [6, 6.07) is 17.2. The molecule has 6 heteroatoms. The zero-order chi connectivity index (χ0) is 21.8. The Hall–Kier alpha value is -2.57. The molecule has 1 amide bonds. The summed E-state index contributed by atoms with van der Waals surface area (Å²) in [5.41, 5.74) is 3.73. The second-order valence-corrected chi connectivity index (χ2v) is 9.04. The highest BCUT2D eigenvalue weighted by Gasteiger charge is 2.28. The average molecular weight is 436 g/mol. The maximum Gasteiger partial charge on any atom is 0.226 e. The van der Waals surface area contributed by atoms with Crippen molar-refractivity contribution >= 4 is 11.6 Å². The van der Waals surface area contributed by atoms with E-state index in [1.165, 1.54) is 11.3 Å². The number of benzene rings is 2. The highest BCUT2D eigenvalue weighted by atomic mass is 16.5. The first-order valence-electron chi connectivity index (χ1n) is 11.9. The van der Waals surface area contributed by atoms with Crippen LogP contribution in [-0.4, -0.2) is 68.3 Å². The molecule has 5 rings (SSSR count). The maximum absolute atomic E-state index is 13.1. The van der Waals surface area contributed by atoms with E-state index in [0.29, 0.717) is 32.9 Å². The van der Waals surface area contributed by atoms with Crippen LogP contribution in [0, 0.1) is 5.92 Å². The molecule has 3 aliphatic rings. The third-order valence-corrected chi connectivity index (χ3v) is 6.89. The van der Waals surface area contributed by atoms with Gasteiger partial charge >= 0.3 is 0 Å². The van der Waals surface area contributed by atoms with E-state index in [4.69, 9.17) is 9.47 Å². The minimum atomic E-state index is 0.0920. The fraction of sp³-hybridized carbons (Fsp3) is 0.500. The molecule has 0 radical (unpaired) electrons. The van der Waals surface area contributed by atoms with Gasteiger partial charge in [0.2, 0.25) is 5.91 Å². The lowest BCUT2D eigenvalue weighted by atomic mass is 9.98. The SMILES string of the molecule is O=C(C1CCOCC1)N1CCOc2ccc(CN3CCN(c4ccccc4)CC3)cc2C1. The van der Waals surface area contributed by atoms with E-state index in [1.54, 1.807) is 0 Å². The fourth-order valence-corrected chi connectivity index (χ4v) is 5.00. The quantitative estimate of drug-likeness (QED) is 0.738. The van der Waals surface area contributed by atoms with Gasteiger partial charge in [-0.15, -0.1) is 0 Å². The van der Waals surface area contributed by atoms with E-state index in [0.717, 1.165) is 56.9 Å². The summed E-state index contributed by atoms with van der Waals surface area (Å²) in [5, 5.41) is 0. The topological polar surface area (TPSA) is 45.2 Å². The average Bonchev–Trinajstić information content (AvgIpc) is 3.07. The molecule has 3 heterocycles. The predicted molar refractivity (Wildman–Crippen MR) is 125 cm³/mol. The van der Waals surface area contributed by atoms with Crippen LogP contribution in [0.15, 0.2) is 48.5 Å². The Morgan fingerprint density at radius 1 is 0.906 bits per heavy atom. The molecule has 2 aromatic carbocycles. The fourth-order valence-electron chi connectivity index (χ4n) is 5.00. The minimum absolute atomic E-state index is 0.0920. The van der Waals surface area contributed by atoms with Gasteiger partial charge < -0.3 is 19.3 Å². The molecule has 0 spiro atoms. The number of amides is 1. The number of fused-ring (bicyclic) bond motifs is 1. The van der Waals surface area contributed by atoms with Crippen molar-refractivity contribution in [2.45, 2.75) is 25.9 Å². The van der Waals surface area contributed by atoms with E-state index in [1.807, 2.05) is 4.90 Å². The van der Waals surface area contributed by atoms with Gasteiger partial charge in [0.25, 0.3) is 0 Å². The van der Waals surface area contributed by atoms with Gasteiger partial charge in [-0.05, 0) is 42.7 Å². The van der Waals surface area contributed by atoms with Crippen molar-refractivity contribution in [1.82, 2.24) is 9.80 Å². The lowest BCUT2D eigenvalue weighted by Crippen LogP contribution is -2.45. The normalized spacial score (nSPS) is 20.4. The summed E-state index contributed by atoms with van der Waals surface area (Å²) in [7, 11) is 0. The van der Waals surface area contributed by atoms with Crippen molar-refractivity contribution in [3.63, 3.8) is 0 Å². The summed E-state index contributed by atoms with van der Waals surface area (Å²) in [4.78, 5) is 20.0. The molecule has 2 saturated heterocycles. The van der Waals surface area contributed by atoms with Crippen molar-refractivity contribution in [2.75, 3.05) is 57.4 Å². The summed E-state index contributed by atoms with van der Waals surface area (Å²) in [5.74, 6) is 1.27. The largest absolute Gasteiger partial charge is 0.491 e. The molecule has 0 saturated carbocycles. The summed E-state index contributed by atoms with van der Waals surface area (Å²) < 4.78 is 11.4. The van der Waals surface area contributed by atoms with Crippen LogP contribution < -0.4 is 9.64 Å². The van der Waals surface area contributed by atoms with Gasteiger partial charge in [0, 0.05) is 69.7 Å². The zero-order valence-electron chi connectivity index (χ0n) is 18.7. The molecular formula is C26H33N3O3. The third-order valence-electron chi connectivity index (χ3n) is 6.89. The molecule has 2 fully saturated rings. The van der Waals surface area contributed by atoms with Crippen LogP contribution in [0.2, 0.25) is 0 Å². The first-order valence-corrected chi connectivity index (χ1v) is 11.9. The van der Waals surface area contributed by atoms with Gasteiger partial charge in [-0.25, -0.2) is 0 Å². The highest BCUT2D eigenvalue weighted by molar-refractivity contribution is 5.79. The number of nitrogens with zero attached hydrogens (tertiary/aromatic N) is 3. The van der Waals surface area contributed by atoms with Crippen molar-refractivity contribution in [3.05, 3.63) is 59.7 Å². The number of para-hydroxylation sites is 1. The Balaban J connectivity index is 1.21. The molecule has 0 aromatic heterocycles. The molecule has 0 bridgehead atoms. The highest BCUT2D eigenvalue weighted by Crippen LogP contribution is 2.27. The van der Waals surface area contributed by atoms with Crippen molar-refractivity contribution < 1.29 is 14.3 Å². The lowest BCUT2D eigenvalue weighted by Gasteiger charge is -2.36. The molecule has 170 valence electrons. The summed E-state index contributed by atoms with van der Waals surface area (Å²) in [6.45, 7) is 8.37. The van der Waals surface area contributed by atoms with Gasteiger partial charge in [-0.3, -0.25) is 9.69 Å². The minimum Gasteiger partial charge on any atom is -0.491 e. The van der Waals surface area contributed by atoms with E-state index in [2.05, 4.69) is 58.3 Å². The standard InChI is InChI=1S/C26H33N3O3/c30-26(22-8-15-31-16-9-22)29-14-17-32-25-7-6-21(18-23(25)20-29)19-27-10-12-28(13-11-27)24-4-2-1-3-5-24/h1-7,18,22H,8-17,19-20H2. The molecule has 0 N–H and O–H groups in total. The molecular weight excluding hydrogens is 402 g/mol. The lowest BCUT2D eigenvalue weighted by molar-refractivity contribution is -0.139. The number of carbonyl (C=O) groups excluding carboxylic acids is 1. The molecule has 0 aliphatic carbocycles. The number of anilines is 1. The van der Waals surface area contributed by atoms with Crippen molar-refractivity contribution in [1.29, 1.82) is 0 Å². The molecule has 6 nitrogen and oxygen atoms in total. The van der Waals surface area contributed by atoms with Crippen LogP contribution in [0.4, 0.5) is 5.69 Å². The Bertz CT molecular complexity index is 906. The Kier molecular flexibility index (Phi) is 6.60. The monoisotopic (exact) mass is 435 g/mol. The van der Waals surface area contributed by atoms with Gasteiger partial charge in [-0.1, -0.05) is 24.3 Å². The van der Waals surface area contributed by atoms with Gasteiger partial charge in [0.1, 0.15) is 12.4 Å².